The number of benzene rings is 3. The van der Waals surface area contributed by atoms with Crippen molar-refractivity contribution in [2.24, 2.45) is 0 Å². The molecule has 0 aromatic heterocycles. The molecule has 0 aliphatic rings. The van der Waals surface area contributed by atoms with Crippen LogP contribution < -0.4 is 14.8 Å². The molecule has 0 amide bonds. The fourth-order valence-corrected chi connectivity index (χ4v) is 2.91. The second kappa shape index (κ2) is 8.63. The zero-order valence-electron chi connectivity index (χ0n) is 15.0. The summed E-state index contributed by atoms with van der Waals surface area (Å²) in [5, 5.41) is 4.16. The van der Waals surface area contributed by atoms with E-state index in [1.165, 1.54) is 5.56 Å². The van der Waals surface area contributed by atoms with E-state index in [1.54, 1.807) is 7.11 Å². The molecule has 0 saturated carbocycles. The second-order valence-corrected chi connectivity index (χ2v) is 6.51. The maximum atomic E-state index is 6.02. The van der Waals surface area contributed by atoms with Gasteiger partial charge >= 0.3 is 0 Å². The Bertz CT molecular complexity index is 880. The lowest BCUT2D eigenvalue weighted by Crippen LogP contribution is -2.02. The molecule has 0 heterocycles. The summed E-state index contributed by atoms with van der Waals surface area (Å²) in [5.74, 6) is 1.43. The van der Waals surface area contributed by atoms with Gasteiger partial charge in [-0.05, 0) is 53.9 Å². The number of halogens is 1. The van der Waals surface area contributed by atoms with E-state index in [0.29, 0.717) is 17.4 Å². The Morgan fingerprint density at radius 2 is 1.73 bits per heavy atom. The number of methoxy groups -OCH3 is 1. The molecule has 1 N–H and O–H groups in total. The fourth-order valence-electron chi connectivity index (χ4n) is 2.70. The zero-order valence-corrected chi connectivity index (χ0v) is 15.7. The molecule has 0 bridgehead atoms. The Kier molecular flexibility index (Phi) is 6.03. The van der Waals surface area contributed by atoms with Gasteiger partial charge in [0.25, 0.3) is 0 Å². The molecule has 0 unspecified atom stereocenters. The van der Waals surface area contributed by atoms with Crippen molar-refractivity contribution >= 4 is 17.3 Å². The van der Waals surface area contributed by atoms with E-state index < -0.39 is 0 Å². The summed E-state index contributed by atoms with van der Waals surface area (Å²) in [6.45, 7) is 3.25. The van der Waals surface area contributed by atoms with Crippen LogP contribution >= 0.6 is 11.6 Å². The van der Waals surface area contributed by atoms with Gasteiger partial charge in [0.2, 0.25) is 0 Å². The number of anilines is 1. The van der Waals surface area contributed by atoms with Crippen LogP contribution in [0.3, 0.4) is 0 Å². The largest absolute Gasteiger partial charge is 0.493 e. The first kappa shape index (κ1) is 18.2. The molecule has 134 valence electrons. The van der Waals surface area contributed by atoms with Crippen molar-refractivity contribution in [3.05, 3.63) is 88.4 Å². The number of nitrogens with one attached hydrogen (secondary N) is 1. The summed E-state index contributed by atoms with van der Waals surface area (Å²) in [4.78, 5) is 0. The smallest absolute Gasteiger partial charge is 0.161 e. The summed E-state index contributed by atoms with van der Waals surface area (Å²) < 4.78 is 11.4. The molecule has 0 saturated heterocycles. The van der Waals surface area contributed by atoms with Crippen molar-refractivity contribution in [3.63, 3.8) is 0 Å². The first-order chi connectivity index (χ1) is 12.7. The monoisotopic (exact) mass is 367 g/mol. The Balaban J connectivity index is 1.66. The van der Waals surface area contributed by atoms with E-state index in [1.807, 2.05) is 54.6 Å². The van der Waals surface area contributed by atoms with Crippen LogP contribution in [0.15, 0.2) is 66.7 Å². The van der Waals surface area contributed by atoms with Gasteiger partial charge in [0, 0.05) is 17.3 Å². The number of para-hydroxylation sites is 1. The van der Waals surface area contributed by atoms with E-state index in [4.69, 9.17) is 21.1 Å². The normalized spacial score (nSPS) is 10.4. The van der Waals surface area contributed by atoms with Crippen molar-refractivity contribution in [3.8, 4) is 11.5 Å². The Labute approximate surface area is 159 Å². The van der Waals surface area contributed by atoms with E-state index in [-0.39, 0.29) is 0 Å². The lowest BCUT2D eigenvalue weighted by molar-refractivity contribution is 0.284. The highest BCUT2D eigenvalue weighted by Gasteiger charge is 2.07. The molecule has 0 spiro atoms. The zero-order chi connectivity index (χ0) is 18.4. The molecular formula is C22H22ClNO2. The average Bonchev–Trinajstić information content (AvgIpc) is 2.66. The van der Waals surface area contributed by atoms with Gasteiger partial charge in [-0.15, -0.1) is 0 Å². The van der Waals surface area contributed by atoms with Gasteiger partial charge in [-0.3, -0.25) is 0 Å². The summed E-state index contributed by atoms with van der Waals surface area (Å²) >= 11 is 6.02. The van der Waals surface area contributed by atoms with Crippen LogP contribution in [0.25, 0.3) is 0 Å². The van der Waals surface area contributed by atoms with Crippen LogP contribution in [0.4, 0.5) is 5.69 Å². The van der Waals surface area contributed by atoms with E-state index in [0.717, 1.165) is 29.1 Å². The van der Waals surface area contributed by atoms with E-state index in [9.17, 15) is 0 Å². The molecule has 0 radical (unpaired) electrons. The van der Waals surface area contributed by atoms with Gasteiger partial charge in [-0.25, -0.2) is 0 Å². The van der Waals surface area contributed by atoms with E-state index in [2.05, 4.69) is 24.4 Å². The SMILES string of the molecule is COc1cc(CNc2ccccc2C)ccc1OCc1cccc(Cl)c1. The first-order valence-corrected chi connectivity index (χ1v) is 8.87. The van der Waals surface area contributed by atoms with Crippen molar-refractivity contribution in [1.82, 2.24) is 0 Å². The third-order valence-electron chi connectivity index (χ3n) is 4.14. The third kappa shape index (κ3) is 4.70. The highest BCUT2D eigenvalue weighted by Crippen LogP contribution is 2.29. The lowest BCUT2D eigenvalue weighted by atomic mass is 10.1. The van der Waals surface area contributed by atoms with Crippen LogP contribution in [-0.4, -0.2) is 7.11 Å². The Morgan fingerprint density at radius 3 is 2.50 bits per heavy atom. The molecule has 4 heteroatoms. The summed E-state index contributed by atoms with van der Waals surface area (Å²) in [7, 11) is 1.65. The molecule has 0 fully saturated rings. The maximum absolute atomic E-state index is 6.02. The Morgan fingerprint density at radius 1 is 0.885 bits per heavy atom. The lowest BCUT2D eigenvalue weighted by Gasteiger charge is -2.14. The highest BCUT2D eigenvalue weighted by atomic mass is 35.5. The minimum absolute atomic E-state index is 0.442. The molecule has 3 aromatic carbocycles. The third-order valence-corrected chi connectivity index (χ3v) is 4.37. The summed E-state index contributed by atoms with van der Waals surface area (Å²) in [6.07, 6.45) is 0. The van der Waals surface area contributed by atoms with Crippen molar-refractivity contribution in [2.45, 2.75) is 20.1 Å². The molecule has 3 rings (SSSR count). The molecule has 0 aliphatic carbocycles. The van der Waals surface area contributed by atoms with Gasteiger partial charge in [0.1, 0.15) is 6.61 Å². The highest BCUT2D eigenvalue weighted by molar-refractivity contribution is 6.30. The first-order valence-electron chi connectivity index (χ1n) is 8.49. The number of ether oxygens (including phenoxy) is 2. The standard InChI is InChI=1S/C22H22ClNO2/c1-16-6-3-4-9-20(16)24-14-17-10-11-21(22(13-17)25-2)26-15-18-7-5-8-19(23)12-18/h3-13,24H,14-15H2,1-2H3. The van der Waals surface area contributed by atoms with Crippen LogP contribution in [0.5, 0.6) is 11.5 Å². The summed E-state index contributed by atoms with van der Waals surface area (Å²) in [5.41, 5.74) is 4.50. The van der Waals surface area contributed by atoms with E-state index >= 15 is 0 Å². The molecule has 3 nitrogen and oxygen atoms in total. The van der Waals surface area contributed by atoms with Crippen LogP contribution in [-0.2, 0) is 13.2 Å². The number of rotatable bonds is 7. The number of aryl methyl sites for hydroxylation is 1. The van der Waals surface area contributed by atoms with Gasteiger partial charge in [-0.2, -0.15) is 0 Å². The summed E-state index contributed by atoms with van der Waals surface area (Å²) in [6, 6.07) is 21.9. The minimum atomic E-state index is 0.442. The second-order valence-electron chi connectivity index (χ2n) is 6.07. The van der Waals surface area contributed by atoms with Crippen molar-refractivity contribution < 1.29 is 9.47 Å². The molecule has 3 aromatic rings. The predicted octanol–water partition coefficient (Wildman–Crippen LogP) is 5.85. The molecule has 26 heavy (non-hydrogen) atoms. The quantitative estimate of drug-likeness (QED) is 0.568. The number of hydrogen-bond acceptors (Lipinski definition) is 3. The van der Waals surface area contributed by atoms with Crippen molar-refractivity contribution in [2.75, 3.05) is 12.4 Å². The molecule has 0 atom stereocenters. The number of hydrogen-bond donors (Lipinski definition) is 1. The average molecular weight is 368 g/mol. The predicted molar refractivity (Wildman–Crippen MR) is 107 cm³/mol. The van der Waals surface area contributed by atoms with Gasteiger partial charge < -0.3 is 14.8 Å². The van der Waals surface area contributed by atoms with Gasteiger partial charge in [-0.1, -0.05) is 48.0 Å². The van der Waals surface area contributed by atoms with Crippen LogP contribution in [0.1, 0.15) is 16.7 Å². The fraction of sp³-hybridized carbons (Fsp3) is 0.182. The van der Waals surface area contributed by atoms with Gasteiger partial charge in [0.05, 0.1) is 7.11 Å². The van der Waals surface area contributed by atoms with Crippen LogP contribution in [0, 0.1) is 6.92 Å². The Hall–Kier alpha value is -2.65. The minimum Gasteiger partial charge on any atom is -0.493 e. The van der Waals surface area contributed by atoms with Gasteiger partial charge in [0.15, 0.2) is 11.5 Å². The maximum Gasteiger partial charge on any atom is 0.161 e. The topological polar surface area (TPSA) is 30.5 Å². The van der Waals surface area contributed by atoms with Crippen molar-refractivity contribution in [1.29, 1.82) is 0 Å². The molecular weight excluding hydrogens is 346 g/mol. The molecule has 0 aliphatic heterocycles. The van der Waals surface area contributed by atoms with Crippen LogP contribution in [0.2, 0.25) is 5.02 Å².